The van der Waals surface area contributed by atoms with Gasteiger partial charge in [-0.1, -0.05) is 11.6 Å². The van der Waals surface area contributed by atoms with Crippen molar-refractivity contribution in [2.45, 2.75) is 4.90 Å². The van der Waals surface area contributed by atoms with Gasteiger partial charge in [0.05, 0.1) is 5.02 Å². The van der Waals surface area contributed by atoms with Crippen molar-refractivity contribution in [1.29, 1.82) is 0 Å². The van der Waals surface area contributed by atoms with E-state index < -0.39 is 0 Å². The molecule has 17 heavy (non-hydrogen) atoms. The molecular formula is C8H13BClN5OS. The molecule has 0 spiro atoms. The highest BCUT2D eigenvalue weighted by molar-refractivity contribution is 7.97. The maximum atomic E-state index is 8.63. The fourth-order valence-electron chi connectivity index (χ4n) is 1.05. The van der Waals surface area contributed by atoms with E-state index in [-0.39, 0.29) is 13.3 Å². The average molecular weight is 274 g/mol. The number of hydrogen-bond donors (Lipinski definition) is 5. The number of rotatable bonds is 6. The lowest BCUT2D eigenvalue weighted by atomic mass is 10.1. The summed E-state index contributed by atoms with van der Waals surface area (Å²) < 4.78 is 2.95. The van der Waals surface area contributed by atoms with E-state index in [9.17, 15) is 0 Å². The van der Waals surface area contributed by atoms with E-state index >= 15 is 0 Å². The predicted molar refractivity (Wildman–Crippen MR) is 72.7 cm³/mol. The second-order valence-corrected chi connectivity index (χ2v) is 4.33. The lowest BCUT2D eigenvalue weighted by Gasteiger charge is -2.06. The van der Waals surface area contributed by atoms with Gasteiger partial charge in [-0.05, 0) is 30.1 Å². The molecule has 0 bridgehead atoms. The van der Waals surface area contributed by atoms with Gasteiger partial charge in [0.2, 0.25) is 0 Å². The lowest BCUT2D eigenvalue weighted by molar-refractivity contribution is 0.600. The minimum atomic E-state index is 0.0739. The van der Waals surface area contributed by atoms with Gasteiger partial charge in [-0.15, -0.1) is 5.10 Å². The number of amidine groups is 1. The summed E-state index contributed by atoms with van der Waals surface area (Å²) in [6.45, 7) is 0. The summed E-state index contributed by atoms with van der Waals surface area (Å²) in [5, 5.41) is 12.8. The van der Waals surface area contributed by atoms with E-state index in [0.717, 1.165) is 4.90 Å². The fraction of sp³-hybridized carbons (Fsp3) is 0.125. The minimum Gasteiger partial charge on any atom is -0.452 e. The van der Waals surface area contributed by atoms with Gasteiger partial charge in [0, 0.05) is 16.9 Å². The van der Waals surface area contributed by atoms with Crippen molar-refractivity contribution in [3.05, 3.63) is 28.8 Å². The van der Waals surface area contributed by atoms with Crippen LogP contribution in [0.5, 0.6) is 0 Å². The van der Waals surface area contributed by atoms with Crippen LogP contribution in [0.1, 0.15) is 5.56 Å². The number of nitrogens with two attached hydrogens (primary N) is 2. The number of nitrogens with zero attached hydrogens (tertiary/aromatic N) is 1. The molecule has 1 aromatic carbocycles. The smallest absolute Gasteiger partial charge is 0.285 e. The predicted octanol–water partition coefficient (Wildman–Crippen LogP) is -0.678. The second kappa shape index (κ2) is 7.41. The number of hydrazine groups is 1. The summed E-state index contributed by atoms with van der Waals surface area (Å²) in [6.07, 6.45) is 0.490. The average Bonchev–Trinajstić information content (AvgIpc) is 2.31. The Labute approximate surface area is 109 Å². The zero-order chi connectivity index (χ0) is 12.7. The molecule has 92 valence electrons. The Hall–Kier alpha value is -0.925. The Kier molecular flexibility index (Phi) is 6.16. The number of halogens is 1. The first-order chi connectivity index (χ1) is 8.19. The summed E-state index contributed by atoms with van der Waals surface area (Å²) in [7, 11) is 0.0739. The van der Waals surface area contributed by atoms with Crippen LogP contribution in [-0.2, 0) is 0 Å². The van der Waals surface area contributed by atoms with Gasteiger partial charge in [0.15, 0.2) is 5.84 Å². The van der Waals surface area contributed by atoms with Gasteiger partial charge in [-0.25, -0.2) is 11.4 Å². The van der Waals surface area contributed by atoms with Crippen LogP contribution >= 0.6 is 23.5 Å². The molecule has 0 amide bonds. The van der Waals surface area contributed by atoms with E-state index in [1.54, 1.807) is 12.1 Å². The summed E-state index contributed by atoms with van der Waals surface area (Å²) in [4.78, 5) is 0.845. The van der Waals surface area contributed by atoms with Gasteiger partial charge in [-0.2, -0.15) is 0 Å². The van der Waals surface area contributed by atoms with E-state index in [0.29, 0.717) is 17.0 Å². The maximum absolute atomic E-state index is 8.63. The molecule has 0 heterocycles. The van der Waals surface area contributed by atoms with Crippen molar-refractivity contribution in [1.82, 2.24) is 10.3 Å². The van der Waals surface area contributed by atoms with Crippen LogP contribution < -0.4 is 21.8 Å². The van der Waals surface area contributed by atoms with Crippen LogP contribution in [0.15, 0.2) is 28.2 Å². The van der Waals surface area contributed by atoms with Crippen molar-refractivity contribution < 1.29 is 5.02 Å². The van der Waals surface area contributed by atoms with E-state index in [1.165, 1.54) is 11.9 Å². The second-order valence-electron chi connectivity index (χ2n) is 2.99. The van der Waals surface area contributed by atoms with Crippen LogP contribution in [0.25, 0.3) is 0 Å². The van der Waals surface area contributed by atoms with E-state index in [4.69, 9.17) is 28.2 Å². The lowest BCUT2D eigenvalue weighted by Crippen LogP contribution is -2.23. The standard InChI is InChI=1S/C8H13BClN5OS/c10-6-3-5(8(11)14-15-12)1-2-7(6)17-13-4-9-16/h1-3,9,13,15-16H,4,12H2,(H2,11,14). The molecule has 0 fully saturated rings. The first-order valence-corrected chi connectivity index (χ1v) is 5.97. The molecule has 1 aromatic rings. The van der Waals surface area contributed by atoms with Crippen molar-refractivity contribution in [2.75, 3.05) is 6.44 Å². The third kappa shape index (κ3) is 4.45. The summed E-state index contributed by atoms with van der Waals surface area (Å²) in [6, 6.07) is 5.29. The van der Waals surface area contributed by atoms with Gasteiger partial charge < -0.3 is 10.8 Å². The van der Waals surface area contributed by atoms with Crippen LogP contribution in [0.2, 0.25) is 5.02 Å². The Balaban J connectivity index is 2.75. The van der Waals surface area contributed by atoms with Crippen molar-refractivity contribution in [3.8, 4) is 0 Å². The molecule has 6 nitrogen and oxygen atoms in total. The summed E-state index contributed by atoms with van der Waals surface area (Å²) in [5.41, 5.74) is 8.44. The van der Waals surface area contributed by atoms with Gasteiger partial charge in [0.1, 0.15) is 0 Å². The molecule has 1 rings (SSSR count). The molecule has 0 aromatic heterocycles. The zero-order valence-electron chi connectivity index (χ0n) is 8.98. The molecule has 0 atom stereocenters. The highest BCUT2D eigenvalue weighted by atomic mass is 35.5. The number of benzene rings is 1. The molecule has 0 saturated heterocycles. The van der Waals surface area contributed by atoms with Crippen LogP contribution in [0.3, 0.4) is 0 Å². The van der Waals surface area contributed by atoms with Gasteiger partial charge in [-0.3, -0.25) is 4.72 Å². The number of nitrogens with one attached hydrogen (secondary N) is 2. The maximum Gasteiger partial charge on any atom is 0.285 e. The fourth-order valence-corrected chi connectivity index (χ4v) is 1.99. The van der Waals surface area contributed by atoms with Crippen molar-refractivity contribution in [2.24, 2.45) is 16.7 Å². The molecule has 0 radical (unpaired) electrons. The highest BCUT2D eigenvalue weighted by Gasteiger charge is 2.05. The number of hydrogen-bond acceptors (Lipinski definition) is 6. The van der Waals surface area contributed by atoms with Crippen LogP contribution in [0, 0.1) is 0 Å². The SMILES string of the molecule is NN/N=C(\N)c1ccc(SNCBO)c(Cl)c1. The molecule has 9 heteroatoms. The van der Waals surface area contributed by atoms with E-state index in [2.05, 4.69) is 15.4 Å². The highest BCUT2D eigenvalue weighted by Crippen LogP contribution is 2.25. The molecular weight excluding hydrogens is 260 g/mol. The van der Waals surface area contributed by atoms with Gasteiger partial charge >= 0.3 is 0 Å². The third-order valence-electron chi connectivity index (χ3n) is 1.81. The van der Waals surface area contributed by atoms with Crippen LogP contribution in [-0.4, -0.2) is 24.8 Å². The Morgan fingerprint density at radius 3 is 2.94 bits per heavy atom. The first-order valence-electron chi connectivity index (χ1n) is 4.78. The molecule has 0 saturated carbocycles. The molecule has 0 aliphatic carbocycles. The largest absolute Gasteiger partial charge is 0.452 e. The zero-order valence-corrected chi connectivity index (χ0v) is 10.6. The van der Waals surface area contributed by atoms with Crippen molar-refractivity contribution >= 4 is 36.9 Å². The molecule has 0 aliphatic rings. The normalized spacial score (nSPS) is 11.4. The summed E-state index contributed by atoms with van der Waals surface area (Å²) in [5.74, 6) is 5.29. The van der Waals surface area contributed by atoms with Crippen LogP contribution in [0.4, 0.5) is 0 Å². The molecule has 0 aliphatic heterocycles. The van der Waals surface area contributed by atoms with Gasteiger partial charge in [0.25, 0.3) is 7.48 Å². The topological polar surface area (TPSA) is 109 Å². The third-order valence-corrected chi connectivity index (χ3v) is 3.16. The minimum absolute atomic E-state index is 0.0739. The Morgan fingerprint density at radius 2 is 2.35 bits per heavy atom. The Morgan fingerprint density at radius 1 is 1.59 bits per heavy atom. The first kappa shape index (κ1) is 14.1. The Bertz CT molecular complexity index is 406. The summed E-state index contributed by atoms with van der Waals surface area (Å²) >= 11 is 7.41. The van der Waals surface area contributed by atoms with Crippen molar-refractivity contribution in [3.63, 3.8) is 0 Å². The van der Waals surface area contributed by atoms with E-state index in [1.807, 2.05) is 6.07 Å². The molecule has 0 unspecified atom stereocenters. The number of hydrazone groups is 1. The quantitative estimate of drug-likeness (QED) is 0.0894. The molecule has 7 N–H and O–H groups in total. The monoisotopic (exact) mass is 273 g/mol.